The number of carbonyl (C=O) groups is 1. The molecular formula is C17H25N5O2. The van der Waals surface area contributed by atoms with E-state index < -0.39 is 0 Å². The SMILES string of the molecule is Cc1cc(NC(=O)CCN2CCC[C@H](Cc3nccn3C)C2)no1. The number of carbonyl (C=O) groups excluding carboxylic acids is 1. The van der Waals surface area contributed by atoms with Crippen molar-refractivity contribution in [2.75, 3.05) is 25.0 Å². The van der Waals surface area contributed by atoms with Crippen LogP contribution in [0.2, 0.25) is 0 Å². The van der Waals surface area contributed by atoms with E-state index in [1.807, 2.05) is 19.4 Å². The zero-order valence-electron chi connectivity index (χ0n) is 14.4. The number of aromatic nitrogens is 3. The van der Waals surface area contributed by atoms with E-state index in [0.717, 1.165) is 31.9 Å². The average molecular weight is 331 g/mol. The van der Waals surface area contributed by atoms with Crippen LogP contribution in [0.1, 0.15) is 30.8 Å². The topological polar surface area (TPSA) is 76.2 Å². The number of hydrogen-bond donors (Lipinski definition) is 1. The van der Waals surface area contributed by atoms with Crippen LogP contribution in [0.4, 0.5) is 5.82 Å². The fourth-order valence-corrected chi connectivity index (χ4v) is 3.26. The molecule has 3 heterocycles. The molecule has 0 bridgehead atoms. The number of nitrogens with one attached hydrogen (secondary N) is 1. The van der Waals surface area contributed by atoms with Crippen molar-refractivity contribution >= 4 is 11.7 Å². The van der Waals surface area contributed by atoms with Crippen LogP contribution in [0.15, 0.2) is 23.0 Å². The fourth-order valence-electron chi connectivity index (χ4n) is 3.26. The predicted octanol–water partition coefficient (Wildman–Crippen LogP) is 2.00. The molecule has 3 rings (SSSR count). The lowest BCUT2D eigenvalue weighted by molar-refractivity contribution is -0.116. The van der Waals surface area contributed by atoms with Crippen LogP contribution in [0.25, 0.3) is 0 Å². The summed E-state index contributed by atoms with van der Waals surface area (Å²) >= 11 is 0. The number of aryl methyl sites for hydroxylation is 2. The van der Waals surface area contributed by atoms with Gasteiger partial charge in [0, 0.05) is 51.4 Å². The van der Waals surface area contributed by atoms with E-state index in [4.69, 9.17) is 4.52 Å². The van der Waals surface area contributed by atoms with Crippen molar-refractivity contribution < 1.29 is 9.32 Å². The molecule has 1 fully saturated rings. The van der Waals surface area contributed by atoms with Gasteiger partial charge < -0.3 is 19.3 Å². The molecule has 1 saturated heterocycles. The van der Waals surface area contributed by atoms with Crippen LogP contribution in [-0.2, 0) is 18.3 Å². The van der Waals surface area contributed by atoms with Crippen LogP contribution in [0.5, 0.6) is 0 Å². The van der Waals surface area contributed by atoms with E-state index in [1.165, 1.54) is 12.8 Å². The second kappa shape index (κ2) is 7.61. The molecule has 1 atom stereocenters. The van der Waals surface area contributed by atoms with Gasteiger partial charge in [0.2, 0.25) is 5.91 Å². The van der Waals surface area contributed by atoms with Gasteiger partial charge in [-0.2, -0.15) is 0 Å². The van der Waals surface area contributed by atoms with Crippen molar-refractivity contribution in [3.8, 4) is 0 Å². The van der Waals surface area contributed by atoms with E-state index in [1.54, 1.807) is 13.0 Å². The van der Waals surface area contributed by atoms with Crippen molar-refractivity contribution in [3.05, 3.63) is 30.0 Å². The fraction of sp³-hybridized carbons (Fsp3) is 0.588. The van der Waals surface area contributed by atoms with E-state index >= 15 is 0 Å². The molecule has 0 radical (unpaired) electrons. The monoisotopic (exact) mass is 331 g/mol. The molecule has 2 aromatic rings. The van der Waals surface area contributed by atoms with E-state index in [-0.39, 0.29) is 5.91 Å². The summed E-state index contributed by atoms with van der Waals surface area (Å²) in [7, 11) is 2.04. The van der Waals surface area contributed by atoms with E-state index in [0.29, 0.717) is 23.9 Å². The lowest BCUT2D eigenvalue weighted by atomic mass is 9.94. The third-order valence-corrected chi connectivity index (χ3v) is 4.55. The Balaban J connectivity index is 1.43. The van der Waals surface area contributed by atoms with Gasteiger partial charge in [0.25, 0.3) is 0 Å². The molecule has 24 heavy (non-hydrogen) atoms. The smallest absolute Gasteiger partial charge is 0.226 e. The molecule has 1 amide bonds. The first kappa shape index (κ1) is 16.7. The highest BCUT2D eigenvalue weighted by Crippen LogP contribution is 2.20. The molecule has 7 heteroatoms. The minimum Gasteiger partial charge on any atom is -0.360 e. The van der Waals surface area contributed by atoms with Crippen LogP contribution >= 0.6 is 0 Å². The molecule has 2 aromatic heterocycles. The highest BCUT2D eigenvalue weighted by Gasteiger charge is 2.22. The van der Waals surface area contributed by atoms with Crippen molar-refractivity contribution in [2.24, 2.45) is 13.0 Å². The molecule has 0 spiro atoms. The van der Waals surface area contributed by atoms with Gasteiger partial charge in [-0.15, -0.1) is 0 Å². The molecule has 0 aliphatic carbocycles. The number of nitrogens with zero attached hydrogens (tertiary/aromatic N) is 4. The molecule has 1 aliphatic rings. The van der Waals surface area contributed by atoms with Gasteiger partial charge in [0.05, 0.1) is 0 Å². The van der Waals surface area contributed by atoms with Crippen molar-refractivity contribution in [1.29, 1.82) is 0 Å². The number of likely N-dealkylation sites (tertiary alicyclic amines) is 1. The maximum Gasteiger partial charge on any atom is 0.226 e. The maximum atomic E-state index is 12.0. The minimum atomic E-state index is -0.0190. The van der Waals surface area contributed by atoms with Gasteiger partial charge in [-0.05, 0) is 32.2 Å². The Morgan fingerprint density at radius 1 is 1.50 bits per heavy atom. The maximum absolute atomic E-state index is 12.0. The quantitative estimate of drug-likeness (QED) is 0.876. The molecule has 0 aromatic carbocycles. The van der Waals surface area contributed by atoms with Crippen molar-refractivity contribution in [1.82, 2.24) is 19.6 Å². The van der Waals surface area contributed by atoms with Crippen molar-refractivity contribution in [2.45, 2.75) is 32.6 Å². The van der Waals surface area contributed by atoms with Crippen LogP contribution in [0.3, 0.4) is 0 Å². The molecule has 0 unspecified atom stereocenters. The van der Waals surface area contributed by atoms with Gasteiger partial charge in [0.15, 0.2) is 5.82 Å². The summed E-state index contributed by atoms with van der Waals surface area (Å²) in [5.41, 5.74) is 0. The largest absolute Gasteiger partial charge is 0.360 e. The summed E-state index contributed by atoms with van der Waals surface area (Å²) in [6.07, 6.45) is 7.73. The third kappa shape index (κ3) is 4.44. The van der Waals surface area contributed by atoms with Crippen LogP contribution < -0.4 is 5.32 Å². The summed E-state index contributed by atoms with van der Waals surface area (Å²) in [5.74, 6) is 2.92. The zero-order valence-corrected chi connectivity index (χ0v) is 14.4. The highest BCUT2D eigenvalue weighted by atomic mass is 16.5. The summed E-state index contributed by atoms with van der Waals surface area (Å²) in [6.45, 7) is 4.68. The van der Waals surface area contributed by atoms with Gasteiger partial charge >= 0.3 is 0 Å². The second-order valence-corrected chi connectivity index (χ2v) is 6.59. The van der Waals surface area contributed by atoms with E-state index in [9.17, 15) is 4.79 Å². The molecule has 7 nitrogen and oxygen atoms in total. The lowest BCUT2D eigenvalue weighted by Crippen LogP contribution is -2.38. The molecule has 1 aliphatic heterocycles. The highest BCUT2D eigenvalue weighted by molar-refractivity contribution is 5.89. The average Bonchev–Trinajstić information content (AvgIpc) is 3.15. The molecule has 130 valence electrons. The second-order valence-electron chi connectivity index (χ2n) is 6.59. The standard InChI is InChI=1S/C17H25N5O2/c1-13-10-15(20-24-13)19-17(23)5-8-22-7-3-4-14(12-22)11-16-18-6-9-21(16)2/h6,9-10,14H,3-5,7-8,11-12H2,1-2H3,(H,19,20,23)/t14-/m1/s1. The minimum absolute atomic E-state index is 0.0190. The number of rotatable bonds is 6. The summed E-state index contributed by atoms with van der Waals surface area (Å²) in [6, 6.07) is 1.72. The number of anilines is 1. The van der Waals surface area contributed by atoms with Crippen LogP contribution in [-0.4, -0.2) is 45.1 Å². The Morgan fingerprint density at radius 2 is 2.38 bits per heavy atom. The Hall–Kier alpha value is -2.15. The summed E-state index contributed by atoms with van der Waals surface area (Å²) in [4.78, 5) is 18.8. The number of hydrogen-bond acceptors (Lipinski definition) is 5. The molecule has 1 N–H and O–H groups in total. The third-order valence-electron chi connectivity index (χ3n) is 4.55. The first-order valence-electron chi connectivity index (χ1n) is 8.52. The summed E-state index contributed by atoms with van der Waals surface area (Å²) < 4.78 is 7.04. The molecular weight excluding hydrogens is 306 g/mol. The van der Waals surface area contributed by atoms with Gasteiger partial charge in [-0.25, -0.2) is 4.98 Å². The zero-order chi connectivity index (χ0) is 16.9. The molecule has 0 saturated carbocycles. The normalized spacial score (nSPS) is 18.7. The number of piperidine rings is 1. The predicted molar refractivity (Wildman–Crippen MR) is 90.6 cm³/mol. The summed E-state index contributed by atoms with van der Waals surface area (Å²) in [5, 5.41) is 6.56. The lowest BCUT2D eigenvalue weighted by Gasteiger charge is -2.32. The Morgan fingerprint density at radius 3 is 3.08 bits per heavy atom. The van der Waals surface area contributed by atoms with Crippen molar-refractivity contribution in [3.63, 3.8) is 0 Å². The van der Waals surface area contributed by atoms with Crippen LogP contribution in [0, 0.1) is 12.8 Å². The Kier molecular flexibility index (Phi) is 5.30. The Labute approximate surface area is 142 Å². The first-order valence-corrected chi connectivity index (χ1v) is 8.52. The first-order chi connectivity index (χ1) is 11.6. The van der Waals surface area contributed by atoms with Gasteiger partial charge in [-0.1, -0.05) is 5.16 Å². The van der Waals surface area contributed by atoms with Gasteiger partial charge in [-0.3, -0.25) is 4.79 Å². The van der Waals surface area contributed by atoms with Gasteiger partial charge in [0.1, 0.15) is 11.6 Å². The number of imidazole rings is 1. The van der Waals surface area contributed by atoms with E-state index in [2.05, 4.69) is 24.9 Å². The Bertz CT molecular complexity index is 678. The number of amides is 1.